The lowest BCUT2D eigenvalue weighted by Gasteiger charge is -2.35. The zero-order chi connectivity index (χ0) is 24.2. The summed E-state index contributed by atoms with van der Waals surface area (Å²) in [6.07, 6.45) is 12.9. The summed E-state index contributed by atoms with van der Waals surface area (Å²) in [5, 5.41) is 0. The number of hydrogen-bond donors (Lipinski definition) is 1. The third-order valence-electron chi connectivity index (χ3n) is 7.72. The lowest BCUT2D eigenvalue weighted by atomic mass is 9.77. The molecule has 1 aromatic carbocycles. The third-order valence-corrected chi connectivity index (χ3v) is 7.72. The van der Waals surface area contributed by atoms with Gasteiger partial charge in [0.05, 0.1) is 38.4 Å². The molecule has 0 spiro atoms. The zero-order valence-corrected chi connectivity index (χ0v) is 20.9. The minimum Gasteiger partial charge on any atom is -0.439 e. The second kappa shape index (κ2) is 14.2. The molecule has 0 radical (unpaired) electrons. The van der Waals surface area contributed by atoms with Crippen LogP contribution in [0.3, 0.4) is 0 Å². The van der Waals surface area contributed by atoms with E-state index in [1.807, 2.05) is 19.1 Å². The molecule has 5 nitrogen and oxygen atoms in total. The number of nitrogens with zero attached hydrogens (tertiary/aromatic N) is 1. The molecule has 186 valence electrons. The van der Waals surface area contributed by atoms with E-state index in [4.69, 9.17) is 18.9 Å². The lowest BCUT2D eigenvalue weighted by molar-refractivity contribution is -0.924. The van der Waals surface area contributed by atoms with Gasteiger partial charge in [-0.1, -0.05) is 69.0 Å². The SMILES string of the molecule is C=CCOCC1C[NH+](Cc2cnc(C(c3ccccc3)C3CCCCC3)o2)CCC1CC.C=O. The largest absolute Gasteiger partial charge is 0.439 e. The van der Waals surface area contributed by atoms with Crippen LogP contribution in [0.2, 0.25) is 0 Å². The van der Waals surface area contributed by atoms with Gasteiger partial charge in [-0.25, -0.2) is 4.98 Å². The summed E-state index contributed by atoms with van der Waals surface area (Å²) in [6, 6.07) is 10.9. The average molecular weight is 468 g/mol. The number of aromatic nitrogens is 1. The van der Waals surface area contributed by atoms with Gasteiger partial charge >= 0.3 is 0 Å². The third kappa shape index (κ3) is 7.13. The normalized spacial score (nSPS) is 24.1. The van der Waals surface area contributed by atoms with E-state index >= 15 is 0 Å². The lowest BCUT2D eigenvalue weighted by Crippen LogP contribution is -3.12. The Balaban J connectivity index is 0.00000158. The molecule has 0 bridgehead atoms. The Kier molecular flexibility index (Phi) is 11.0. The second-order valence-corrected chi connectivity index (χ2v) is 9.88. The minimum atomic E-state index is 0.283. The van der Waals surface area contributed by atoms with Crippen LogP contribution in [0.15, 0.2) is 53.6 Å². The van der Waals surface area contributed by atoms with Gasteiger partial charge in [-0.2, -0.15) is 0 Å². The predicted octanol–water partition coefficient (Wildman–Crippen LogP) is 4.84. The van der Waals surface area contributed by atoms with Crippen LogP contribution in [0.25, 0.3) is 0 Å². The highest BCUT2D eigenvalue weighted by Gasteiger charge is 2.33. The van der Waals surface area contributed by atoms with Crippen LogP contribution in [0.5, 0.6) is 0 Å². The number of ether oxygens (including phenoxy) is 1. The number of benzene rings is 1. The van der Waals surface area contributed by atoms with E-state index in [2.05, 4.69) is 43.8 Å². The van der Waals surface area contributed by atoms with E-state index in [-0.39, 0.29) is 5.92 Å². The standard InChI is InChI=1S/C28H40N2O2.CH2O/c1-3-17-31-21-25-19-30(16-15-22(25)4-2)20-26-18-29-28(32-26)27(23-11-7-5-8-12-23)24-13-9-6-10-14-24;1-2/h3,5,7-8,11-12,18,22,24-25,27H,1,4,6,9-10,13-17,19-21H2,2H3;1H2/p+1. The van der Waals surface area contributed by atoms with Crippen LogP contribution >= 0.6 is 0 Å². The Morgan fingerprint density at radius 3 is 2.62 bits per heavy atom. The first kappa shape index (κ1) is 26.4. The molecule has 0 amide bonds. The van der Waals surface area contributed by atoms with E-state index in [0.717, 1.165) is 37.3 Å². The van der Waals surface area contributed by atoms with Gasteiger partial charge in [0.2, 0.25) is 5.89 Å². The fraction of sp³-hybridized carbons (Fsp3) is 0.586. The molecule has 1 saturated heterocycles. The number of nitrogens with one attached hydrogen (secondary N) is 1. The number of oxazole rings is 1. The predicted molar refractivity (Wildman–Crippen MR) is 136 cm³/mol. The molecule has 5 heteroatoms. The summed E-state index contributed by atoms with van der Waals surface area (Å²) in [7, 11) is 0. The molecule has 1 aliphatic carbocycles. The Morgan fingerprint density at radius 1 is 1.15 bits per heavy atom. The van der Waals surface area contributed by atoms with Crippen LogP contribution in [0.1, 0.15) is 75.0 Å². The van der Waals surface area contributed by atoms with Crippen LogP contribution in [-0.4, -0.2) is 38.1 Å². The molecule has 1 N–H and O–H groups in total. The van der Waals surface area contributed by atoms with Crippen LogP contribution in [0, 0.1) is 17.8 Å². The number of hydrogen-bond acceptors (Lipinski definition) is 4. The molecule has 2 aliphatic rings. The first-order valence-electron chi connectivity index (χ1n) is 13.1. The Hall–Kier alpha value is -2.24. The summed E-state index contributed by atoms with van der Waals surface area (Å²) in [5.74, 6) is 4.26. The van der Waals surface area contributed by atoms with Crippen molar-refractivity contribution in [1.82, 2.24) is 4.98 Å². The second-order valence-electron chi connectivity index (χ2n) is 9.88. The first-order valence-corrected chi connectivity index (χ1v) is 13.1. The van der Waals surface area contributed by atoms with Gasteiger partial charge in [-0.3, -0.25) is 0 Å². The van der Waals surface area contributed by atoms with E-state index in [0.29, 0.717) is 18.4 Å². The van der Waals surface area contributed by atoms with Crippen molar-refractivity contribution >= 4 is 6.79 Å². The monoisotopic (exact) mass is 467 g/mol. The number of carbonyl (C=O) groups is 1. The van der Waals surface area contributed by atoms with E-state index in [1.54, 1.807) is 4.90 Å². The highest BCUT2D eigenvalue weighted by Crippen LogP contribution is 2.40. The van der Waals surface area contributed by atoms with E-state index < -0.39 is 0 Å². The molecule has 2 heterocycles. The van der Waals surface area contributed by atoms with Gasteiger partial charge in [0.15, 0.2) is 5.76 Å². The average Bonchev–Trinajstić information content (AvgIpc) is 3.35. The Labute approximate surface area is 205 Å². The summed E-state index contributed by atoms with van der Waals surface area (Å²) in [4.78, 5) is 14.4. The fourth-order valence-electron chi connectivity index (χ4n) is 6.00. The number of carbonyl (C=O) groups excluding carboxylic acids is 1. The highest BCUT2D eigenvalue weighted by molar-refractivity contribution is 5.26. The van der Waals surface area contributed by atoms with Gasteiger partial charge in [0.25, 0.3) is 0 Å². The molecular weight excluding hydrogens is 424 g/mol. The van der Waals surface area contributed by atoms with Gasteiger partial charge in [-0.15, -0.1) is 6.58 Å². The number of likely N-dealkylation sites (tertiary alicyclic amines) is 1. The smallest absolute Gasteiger partial charge is 0.202 e. The molecular formula is C29H43N2O3+. The first-order chi connectivity index (χ1) is 16.8. The maximum Gasteiger partial charge on any atom is 0.202 e. The van der Waals surface area contributed by atoms with Gasteiger partial charge in [0, 0.05) is 5.92 Å². The van der Waals surface area contributed by atoms with Crippen LogP contribution in [-0.2, 0) is 16.1 Å². The van der Waals surface area contributed by atoms with Gasteiger partial charge in [-0.05, 0) is 36.7 Å². The van der Waals surface area contributed by atoms with E-state index in [1.165, 1.54) is 57.1 Å². The molecule has 1 saturated carbocycles. The number of piperidine rings is 1. The van der Waals surface area contributed by atoms with Crippen LogP contribution in [0.4, 0.5) is 0 Å². The topological polar surface area (TPSA) is 56.8 Å². The summed E-state index contributed by atoms with van der Waals surface area (Å²) in [5.41, 5.74) is 1.35. The van der Waals surface area contributed by atoms with Crippen molar-refractivity contribution in [2.75, 3.05) is 26.3 Å². The minimum absolute atomic E-state index is 0.283. The Morgan fingerprint density at radius 2 is 1.91 bits per heavy atom. The van der Waals surface area contributed by atoms with Gasteiger partial charge in [0.1, 0.15) is 13.3 Å². The molecule has 34 heavy (non-hydrogen) atoms. The zero-order valence-electron chi connectivity index (χ0n) is 20.9. The van der Waals surface area contributed by atoms with Crippen molar-refractivity contribution in [2.45, 2.75) is 64.3 Å². The quantitative estimate of drug-likeness (QED) is 0.401. The fourth-order valence-corrected chi connectivity index (χ4v) is 6.00. The number of quaternary nitrogens is 1. The maximum absolute atomic E-state index is 8.00. The molecule has 4 atom stereocenters. The molecule has 1 aromatic heterocycles. The summed E-state index contributed by atoms with van der Waals surface area (Å²) >= 11 is 0. The molecule has 2 aromatic rings. The summed E-state index contributed by atoms with van der Waals surface area (Å²) in [6.45, 7) is 12.9. The molecule has 4 unspecified atom stereocenters. The summed E-state index contributed by atoms with van der Waals surface area (Å²) < 4.78 is 12.3. The number of rotatable bonds is 10. The maximum atomic E-state index is 8.00. The highest BCUT2D eigenvalue weighted by atomic mass is 16.5. The molecule has 4 rings (SSSR count). The van der Waals surface area contributed by atoms with Crippen molar-refractivity contribution < 1.29 is 18.8 Å². The molecule has 2 fully saturated rings. The van der Waals surface area contributed by atoms with Gasteiger partial charge < -0.3 is 18.8 Å². The van der Waals surface area contributed by atoms with Crippen molar-refractivity contribution in [2.24, 2.45) is 17.8 Å². The van der Waals surface area contributed by atoms with Crippen molar-refractivity contribution in [3.63, 3.8) is 0 Å². The molecule has 1 aliphatic heterocycles. The Bertz CT molecular complexity index is 831. The van der Waals surface area contributed by atoms with Crippen molar-refractivity contribution in [1.29, 1.82) is 0 Å². The van der Waals surface area contributed by atoms with Crippen molar-refractivity contribution in [3.8, 4) is 0 Å². The van der Waals surface area contributed by atoms with E-state index in [9.17, 15) is 0 Å². The van der Waals surface area contributed by atoms with Crippen LogP contribution < -0.4 is 4.90 Å². The van der Waals surface area contributed by atoms with Crippen molar-refractivity contribution in [3.05, 3.63) is 66.4 Å².